The van der Waals surface area contributed by atoms with Gasteiger partial charge in [-0.1, -0.05) is 0 Å². The summed E-state index contributed by atoms with van der Waals surface area (Å²) in [4.78, 5) is 12.1. The van der Waals surface area contributed by atoms with Gasteiger partial charge >= 0.3 is 6.61 Å². The smallest absolute Gasteiger partial charge is 0.387 e. The average molecular weight is 343 g/mol. The predicted molar refractivity (Wildman–Crippen MR) is 79.3 cm³/mol. The Morgan fingerprint density at radius 1 is 1.30 bits per heavy atom. The van der Waals surface area contributed by atoms with E-state index in [4.69, 9.17) is 17.3 Å². The van der Waals surface area contributed by atoms with Crippen molar-refractivity contribution in [3.05, 3.63) is 29.3 Å². The maximum atomic E-state index is 12.4. The van der Waals surface area contributed by atoms with Crippen LogP contribution in [0.4, 0.5) is 14.6 Å². The van der Waals surface area contributed by atoms with E-state index < -0.39 is 6.61 Å². The number of aromatic nitrogens is 3. The quantitative estimate of drug-likeness (QED) is 0.829. The maximum Gasteiger partial charge on any atom is 0.387 e. The summed E-state index contributed by atoms with van der Waals surface area (Å²) >= 11 is 5.94. The van der Waals surface area contributed by atoms with E-state index in [0.717, 1.165) is 0 Å². The lowest BCUT2D eigenvalue weighted by molar-refractivity contribution is -0.0494. The molecule has 3 rings (SSSR count). The number of nitrogens with two attached hydrogens (primary N) is 1. The second-order valence-corrected chi connectivity index (χ2v) is 5.59. The molecule has 1 aliphatic rings. The molecule has 1 saturated carbocycles. The number of nitrogen functional groups attached to an aromatic ring is 1. The third kappa shape index (κ3) is 3.48. The van der Waals surface area contributed by atoms with E-state index in [1.165, 1.54) is 12.3 Å². The van der Waals surface area contributed by atoms with Crippen LogP contribution >= 0.6 is 11.6 Å². The molecule has 6 nitrogen and oxygen atoms in total. The van der Waals surface area contributed by atoms with Gasteiger partial charge in [0, 0.05) is 23.4 Å². The molecular weight excluding hydrogens is 330 g/mol. The fourth-order valence-corrected chi connectivity index (χ4v) is 2.60. The van der Waals surface area contributed by atoms with Crippen LogP contribution in [0.15, 0.2) is 18.3 Å². The molecule has 0 atom stereocenters. The SMILES string of the molecule is Nc1ncc(-c2cc(C3CC(O)C3)nc(Cl)n2)cc1OC(F)F. The van der Waals surface area contributed by atoms with E-state index in [0.29, 0.717) is 29.8 Å². The monoisotopic (exact) mass is 342 g/mol. The molecule has 3 N–H and O–H groups in total. The van der Waals surface area contributed by atoms with Crippen LogP contribution in [0, 0.1) is 0 Å². The maximum absolute atomic E-state index is 12.4. The Balaban J connectivity index is 1.95. The van der Waals surface area contributed by atoms with Gasteiger partial charge < -0.3 is 15.6 Å². The summed E-state index contributed by atoms with van der Waals surface area (Å²) in [5.74, 6) is -0.271. The van der Waals surface area contributed by atoms with Crippen LogP contribution in [0.1, 0.15) is 24.5 Å². The molecule has 23 heavy (non-hydrogen) atoms. The number of hydrogen-bond donors (Lipinski definition) is 2. The van der Waals surface area contributed by atoms with Crippen molar-refractivity contribution in [3.63, 3.8) is 0 Å². The summed E-state index contributed by atoms with van der Waals surface area (Å²) < 4.78 is 29.1. The van der Waals surface area contributed by atoms with E-state index in [-0.39, 0.29) is 28.9 Å². The van der Waals surface area contributed by atoms with Crippen LogP contribution in [-0.4, -0.2) is 32.8 Å². The lowest BCUT2D eigenvalue weighted by atomic mass is 9.80. The van der Waals surface area contributed by atoms with Crippen LogP contribution in [0.3, 0.4) is 0 Å². The molecule has 9 heteroatoms. The molecule has 0 spiro atoms. The molecule has 2 aromatic rings. The van der Waals surface area contributed by atoms with Crippen LogP contribution in [0.25, 0.3) is 11.3 Å². The molecule has 0 aromatic carbocycles. The highest BCUT2D eigenvalue weighted by molar-refractivity contribution is 6.28. The van der Waals surface area contributed by atoms with Gasteiger partial charge in [-0.25, -0.2) is 15.0 Å². The highest BCUT2D eigenvalue weighted by atomic mass is 35.5. The first kappa shape index (κ1) is 15.8. The predicted octanol–water partition coefficient (Wildman–Crippen LogP) is 2.61. The van der Waals surface area contributed by atoms with Crippen LogP contribution in [0.2, 0.25) is 5.28 Å². The van der Waals surface area contributed by atoms with E-state index in [1.807, 2.05) is 0 Å². The van der Waals surface area contributed by atoms with Gasteiger partial charge in [0.15, 0.2) is 11.6 Å². The van der Waals surface area contributed by atoms with Crippen molar-refractivity contribution in [3.8, 4) is 17.0 Å². The van der Waals surface area contributed by atoms with Crippen LogP contribution < -0.4 is 10.5 Å². The topological polar surface area (TPSA) is 94.2 Å². The number of hydrogen-bond acceptors (Lipinski definition) is 6. The van der Waals surface area contributed by atoms with Crippen molar-refractivity contribution in [2.75, 3.05) is 5.73 Å². The molecule has 2 aromatic heterocycles. The van der Waals surface area contributed by atoms with E-state index in [2.05, 4.69) is 19.7 Å². The van der Waals surface area contributed by atoms with Crippen molar-refractivity contribution in [2.45, 2.75) is 31.5 Å². The Morgan fingerprint density at radius 3 is 2.70 bits per heavy atom. The standard InChI is InChI=1S/C14H13ClF2N4O2/c15-13-20-9(6-1-8(22)2-6)4-10(21-13)7-3-11(23-14(16)17)12(18)19-5-7/h3-6,8,14,22H,1-2H2,(H2,18,19). The van der Waals surface area contributed by atoms with Gasteiger partial charge in [-0.15, -0.1) is 0 Å². The first-order chi connectivity index (χ1) is 10.9. The number of ether oxygens (including phenoxy) is 1. The van der Waals surface area contributed by atoms with Crippen LogP contribution in [-0.2, 0) is 0 Å². The Bertz CT molecular complexity index is 726. The average Bonchev–Trinajstić information content (AvgIpc) is 2.45. The molecule has 1 fully saturated rings. The van der Waals surface area contributed by atoms with Crippen molar-refractivity contribution < 1.29 is 18.6 Å². The first-order valence-corrected chi connectivity index (χ1v) is 7.23. The minimum atomic E-state index is -3.00. The van der Waals surface area contributed by atoms with Crippen LogP contribution in [0.5, 0.6) is 5.75 Å². The second kappa shape index (κ2) is 6.21. The molecule has 0 unspecified atom stereocenters. The molecule has 0 bridgehead atoms. The summed E-state index contributed by atoms with van der Waals surface area (Å²) in [5, 5.41) is 9.43. The zero-order valence-corrected chi connectivity index (χ0v) is 12.5. The van der Waals surface area contributed by atoms with Gasteiger partial charge in [0.1, 0.15) is 0 Å². The lowest BCUT2D eigenvalue weighted by Crippen LogP contribution is -2.27. The minimum absolute atomic E-state index is 0.0343. The van der Waals surface area contributed by atoms with Gasteiger partial charge in [-0.3, -0.25) is 0 Å². The van der Waals surface area contributed by atoms with Crippen molar-refractivity contribution in [2.24, 2.45) is 0 Å². The van der Waals surface area contributed by atoms with Gasteiger partial charge in [0.2, 0.25) is 5.28 Å². The van der Waals surface area contributed by atoms with Gasteiger partial charge in [0.05, 0.1) is 11.8 Å². The zero-order chi connectivity index (χ0) is 16.6. The number of alkyl halides is 2. The highest BCUT2D eigenvalue weighted by Gasteiger charge is 2.30. The summed E-state index contributed by atoms with van der Waals surface area (Å²) in [6.45, 7) is -3.00. The first-order valence-electron chi connectivity index (χ1n) is 6.85. The number of aliphatic hydroxyl groups excluding tert-OH is 1. The summed E-state index contributed by atoms with van der Waals surface area (Å²) in [6, 6.07) is 3.02. The largest absolute Gasteiger partial charge is 0.431 e. The molecule has 0 aliphatic heterocycles. The Labute approximate surface area is 135 Å². The van der Waals surface area contributed by atoms with E-state index in [1.54, 1.807) is 6.07 Å². The number of halogens is 3. The Hall–Kier alpha value is -2.06. The number of anilines is 1. The number of pyridine rings is 1. The van der Waals surface area contributed by atoms with E-state index >= 15 is 0 Å². The van der Waals surface area contributed by atoms with Crippen molar-refractivity contribution >= 4 is 17.4 Å². The molecule has 0 amide bonds. The number of nitrogens with zero attached hydrogens (tertiary/aromatic N) is 3. The molecule has 122 valence electrons. The molecule has 1 aliphatic carbocycles. The normalized spacial score (nSPS) is 20.4. The summed E-state index contributed by atoms with van der Waals surface area (Å²) in [5.41, 5.74) is 7.06. The van der Waals surface area contributed by atoms with Crippen molar-refractivity contribution in [1.29, 1.82) is 0 Å². The Kier molecular flexibility index (Phi) is 4.27. The summed E-state index contributed by atoms with van der Waals surface area (Å²) in [6.07, 6.45) is 2.27. The Morgan fingerprint density at radius 2 is 2.04 bits per heavy atom. The number of aliphatic hydroxyl groups is 1. The van der Waals surface area contributed by atoms with Gasteiger partial charge in [-0.05, 0) is 36.6 Å². The second-order valence-electron chi connectivity index (χ2n) is 5.26. The van der Waals surface area contributed by atoms with E-state index in [9.17, 15) is 13.9 Å². The lowest BCUT2D eigenvalue weighted by Gasteiger charge is -2.30. The molecule has 2 heterocycles. The summed E-state index contributed by atoms with van der Waals surface area (Å²) in [7, 11) is 0. The fourth-order valence-electron chi connectivity index (χ4n) is 2.41. The van der Waals surface area contributed by atoms with Gasteiger partial charge in [-0.2, -0.15) is 8.78 Å². The third-order valence-corrected chi connectivity index (χ3v) is 3.81. The fraction of sp³-hybridized carbons (Fsp3) is 0.357. The molecule has 0 radical (unpaired) electrons. The zero-order valence-electron chi connectivity index (χ0n) is 11.8. The molecule has 0 saturated heterocycles. The minimum Gasteiger partial charge on any atom is -0.431 e. The molecular formula is C14H13ClF2N4O2. The van der Waals surface area contributed by atoms with Crippen molar-refractivity contribution in [1.82, 2.24) is 15.0 Å². The van der Waals surface area contributed by atoms with Gasteiger partial charge in [0.25, 0.3) is 0 Å². The highest BCUT2D eigenvalue weighted by Crippen LogP contribution is 2.37. The third-order valence-electron chi connectivity index (χ3n) is 3.64. The number of rotatable bonds is 4.